The molecule has 0 bridgehead atoms. The molecule has 0 amide bonds. The number of rotatable bonds is 2. The number of fused-ring (bicyclic) bond motifs is 1. The Kier molecular flexibility index (Phi) is 2.34. The van der Waals surface area contributed by atoms with Crippen LogP contribution in [0.25, 0.3) is 5.78 Å². The first kappa shape index (κ1) is 10.5. The molecule has 16 heavy (non-hydrogen) atoms. The predicted octanol–water partition coefficient (Wildman–Crippen LogP) is 1.25. The molecule has 0 fully saturated rings. The van der Waals surface area contributed by atoms with Crippen LogP contribution in [0.1, 0.15) is 41.6 Å². The predicted molar refractivity (Wildman–Crippen MR) is 56.6 cm³/mol. The number of aromatic carboxylic acids is 1. The minimum atomic E-state index is -1.02. The molecule has 0 saturated heterocycles. The van der Waals surface area contributed by atoms with Crippen molar-refractivity contribution in [3.63, 3.8) is 0 Å². The fourth-order valence-electron chi connectivity index (χ4n) is 1.44. The van der Waals surface area contributed by atoms with Gasteiger partial charge in [-0.05, 0) is 6.92 Å². The maximum Gasteiger partial charge on any atom is 0.355 e. The smallest absolute Gasteiger partial charge is 0.355 e. The summed E-state index contributed by atoms with van der Waals surface area (Å²) in [5.74, 6) is 0.0426. The first-order valence-electron chi connectivity index (χ1n) is 4.96. The second-order valence-electron chi connectivity index (χ2n) is 3.93. The summed E-state index contributed by atoms with van der Waals surface area (Å²) in [5.41, 5.74) is 0.685. The molecule has 2 aromatic heterocycles. The molecule has 2 aromatic rings. The van der Waals surface area contributed by atoms with E-state index in [0.717, 1.165) is 0 Å². The van der Waals surface area contributed by atoms with Crippen molar-refractivity contribution >= 4 is 11.7 Å². The molecule has 0 unspecified atom stereocenters. The number of aryl methyl sites for hydroxylation is 1. The van der Waals surface area contributed by atoms with E-state index in [1.165, 1.54) is 10.7 Å². The van der Waals surface area contributed by atoms with Crippen LogP contribution < -0.4 is 0 Å². The van der Waals surface area contributed by atoms with E-state index < -0.39 is 5.97 Å². The summed E-state index contributed by atoms with van der Waals surface area (Å²) < 4.78 is 1.28. The van der Waals surface area contributed by atoms with Gasteiger partial charge in [0, 0.05) is 17.7 Å². The lowest BCUT2D eigenvalue weighted by Crippen LogP contribution is -2.10. The number of hydrogen-bond acceptors (Lipinski definition) is 4. The Bertz CT molecular complexity index is 559. The molecular weight excluding hydrogens is 208 g/mol. The quantitative estimate of drug-likeness (QED) is 0.823. The summed E-state index contributed by atoms with van der Waals surface area (Å²) in [6.07, 6.45) is 1.50. The van der Waals surface area contributed by atoms with Crippen molar-refractivity contribution in [3.05, 3.63) is 23.3 Å². The van der Waals surface area contributed by atoms with Crippen LogP contribution in [0.4, 0.5) is 0 Å². The normalized spacial score (nSPS) is 11.2. The summed E-state index contributed by atoms with van der Waals surface area (Å²) >= 11 is 0. The lowest BCUT2D eigenvalue weighted by Gasteiger charge is -2.01. The fraction of sp³-hybridized carbons (Fsp3) is 0.400. The van der Waals surface area contributed by atoms with Gasteiger partial charge < -0.3 is 5.11 Å². The average Bonchev–Trinajstić information content (AvgIpc) is 2.60. The molecule has 6 nitrogen and oxygen atoms in total. The van der Waals surface area contributed by atoms with Crippen LogP contribution in [-0.2, 0) is 0 Å². The Morgan fingerprint density at radius 2 is 2.19 bits per heavy atom. The van der Waals surface area contributed by atoms with Crippen LogP contribution in [0.5, 0.6) is 0 Å². The third kappa shape index (κ3) is 1.52. The Labute approximate surface area is 92.0 Å². The van der Waals surface area contributed by atoms with Crippen molar-refractivity contribution in [2.45, 2.75) is 26.7 Å². The summed E-state index contributed by atoms with van der Waals surface area (Å²) in [4.78, 5) is 19.3. The minimum absolute atomic E-state index is 0.115. The molecule has 0 aromatic carbocycles. The Hall–Kier alpha value is -1.98. The van der Waals surface area contributed by atoms with Gasteiger partial charge in [-0.15, -0.1) is 5.10 Å². The zero-order valence-electron chi connectivity index (χ0n) is 9.30. The minimum Gasteiger partial charge on any atom is -0.476 e. The molecule has 2 heterocycles. The zero-order valence-corrected chi connectivity index (χ0v) is 9.30. The third-order valence-corrected chi connectivity index (χ3v) is 2.28. The fourth-order valence-corrected chi connectivity index (χ4v) is 1.44. The van der Waals surface area contributed by atoms with Crippen LogP contribution in [0.15, 0.2) is 6.20 Å². The largest absolute Gasteiger partial charge is 0.476 e. The van der Waals surface area contributed by atoms with Gasteiger partial charge in [0.2, 0.25) is 0 Å². The molecule has 1 N–H and O–H groups in total. The van der Waals surface area contributed by atoms with Crippen molar-refractivity contribution < 1.29 is 9.90 Å². The van der Waals surface area contributed by atoms with E-state index in [2.05, 4.69) is 15.1 Å². The monoisotopic (exact) mass is 220 g/mol. The van der Waals surface area contributed by atoms with Crippen molar-refractivity contribution in [1.82, 2.24) is 19.6 Å². The van der Waals surface area contributed by atoms with Crippen LogP contribution in [0.2, 0.25) is 0 Å². The maximum atomic E-state index is 11.1. The van der Waals surface area contributed by atoms with Crippen LogP contribution >= 0.6 is 0 Å². The molecule has 0 aliphatic heterocycles. The van der Waals surface area contributed by atoms with Gasteiger partial charge >= 0.3 is 5.97 Å². The van der Waals surface area contributed by atoms with Crippen LogP contribution in [-0.4, -0.2) is 30.7 Å². The van der Waals surface area contributed by atoms with Gasteiger partial charge in [0.25, 0.3) is 5.78 Å². The topological polar surface area (TPSA) is 80.4 Å². The summed E-state index contributed by atoms with van der Waals surface area (Å²) in [6, 6.07) is 0. The van der Waals surface area contributed by atoms with E-state index in [4.69, 9.17) is 5.11 Å². The van der Waals surface area contributed by atoms with Gasteiger partial charge in [-0.1, -0.05) is 13.8 Å². The number of aromatic nitrogens is 4. The number of carboxylic acid groups (broad SMARTS) is 1. The maximum absolute atomic E-state index is 11.1. The zero-order chi connectivity index (χ0) is 11.9. The molecule has 0 radical (unpaired) electrons. The highest BCUT2D eigenvalue weighted by atomic mass is 16.4. The lowest BCUT2D eigenvalue weighted by atomic mass is 10.2. The van der Waals surface area contributed by atoms with E-state index in [9.17, 15) is 4.79 Å². The van der Waals surface area contributed by atoms with Gasteiger partial charge in [-0.2, -0.15) is 9.50 Å². The Morgan fingerprint density at radius 1 is 1.50 bits per heavy atom. The van der Waals surface area contributed by atoms with Gasteiger partial charge in [0.05, 0.1) is 0 Å². The first-order chi connectivity index (χ1) is 7.50. The third-order valence-electron chi connectivity index (χ3n) is 2.28. The van der Waals surface area contributed by atoms with E-state index >= 15 is 0 Å². The SMILES string of the molecule is Cc1cnc2nc(C(C)C)nn2c1C(=O)O. The summed E-state index contributed by atoms with van der Waals surface area (Å²) in [7, 11) is 0. The molecule has 6 heteroatoms. The summed E-state index contributed by atoms with van der Waals surface area (Å²) in [6.45, 7) is 5.58. The van der Waals surface area contributed by atoms with Crippen molar-refractivity contribution in [2.75, 3.05) is 0 Å². The van der Waals surface area contributed by atoms with Crippen molar-refractivity contribution in [2.24, 2.45) is 0 Å². The Morgan fingerprint density at radius 3 is 2.75 bits per heavy atom. The van der Waals surface area contributed by atoms with E-state index in [0.29, 0.717) is 17.2 Å². The van der Waals surface area contributed by atoms with E-state index in [1.807, 2.05) is 13.8 Å². The van der Waals surface area contributed by atoms with Gasteiger partial charge in [0.15, 0.2) is 11.5 Å². The number of hydrogen-bond donors (Lipinski definition) is 1. The standard InChI is InChI=1S/C10H12N4O2/c1-5(2)8-12-10-11-4-6(3)7(9(15)16)14(10)13-8/h4-5H,1-3H3,(H,15,16). The van der Waals surface area contributed by atoms with Crippen LogP contribution in [0, 0.1) is 6.92 Å². The molecular formula is C10H12N4O2. The lowest BCUT2D eigenvalue weighted by molar-refractivity contribution is 0.0686. The number of nitrogens with zero attached hydrogens (tertiary/aromatic N) is 4. The van der Waals surface area contributed by atoms with Gasteiger partial charge in [-0.25, -0.2) is 9.78 Å². The second-order valence-corrected chi connectivity index (χ2v) is 3.93. The van der Waals surface area contributed by atoms with Gasteiger partial charge in [0.1, 0.15) is 0 Å². The summed E-state index contributed by atoms with van der Waals surface area (Å²) in [5, 5.41) is 13.3. The second kappa shape index (κ2) is 3.55. The first-order valence-corrected chi connectivity index (χ1v) is 4.96. The molecule has 2 rings (SSSR count). The molecule has 0 spiro atoms. The average molecular weight is 220 g/mol. The number of carboxylic acids is 1. The molecule has 0 aliphatic carbocycles. The van der Waals surface area contributed by atoms with E-state index in [1.54, 1.807) is 6.92 Å². The highest BCUT2D eigenvalue weighted by Crippen LogP contribution is 2.13. The van der Waals surface area contributed by atoms with E-state index in [-0.39, 0.29) is 11.6 Å². The van der Waals surface area contributed by atoms with Crippen molar-refractivity contribution in [3.8, 4) is 0 Å². The molecule has 0 aliphatic rings. The molecule has 0 saturated carbocycles. The highest BCUT2D eigenvalue weighted by Gasteiger charge is 2.17. The number of carbonyl (C=O) groups is 1. The molecule has 0 atom stereocenters. The van der Waals surface area contributed by atoms with Crippen LogP contribution in [0.3, 0.4) is 0 Å². The Balaban J connectivity index is 2.77. The highest BCUT2D eigenvalue weighted by molar-refractivity contribution is 5.87. The van der Waals surface area contributed by atoms with Gasteiger partial charge in [-0.3, -0.25) is 0 Å². The molecule has 84 valence electrons. The van der Waals surface area contributed by atoms with Crippen molar-refractivity contribution in [1.29, 1.82) is 0 Å².